The number of carbonyl (C=O) groups excluding carboxylic acids is 2. The van der Waals surface area contributed by atoms with E-state index in [0.29, 0.717) is 17.4 Å². The standard InChI is InChI=1S/C81H157N2O7P/c1-7-10-13-16-19-22-25-27-29-31-33-35-37-39-41-43-45-47-49-51-53-55-58-61-64-67-70-73-80(84)82-78(77-89-91(86,87)88-76-75-83(4,5)6)79(72-69-66-63-60-57-24-21-18-15-12-9-3)90-81(85)74-71-68-65-62-59-56-54-52-50-48-46-44-42-40-38-36-34-32-30-28-26-23-20-17-14-11-8-2/h20,23,28,30,69,72,78-79H,7-19,21-22,24-27,29,31-68,70-71,73-77H2,1-6H3,(H-,82,84,86,87)/b23-20-,30-28-,72-69+. The Morgan fingerprint density at radius 2 is 0.670 bits per heavy atom. The lowest BCUT2D eigenvalue weighted by molar-refractivity contribution is -0.870. The average molecular weight is 1300 g/mol. The van der Waals surface area contributed by atoms with E-state index < -0.39 is 20.0 Å². The molecule has 9 nitrogen and oxygen atoms in total. The summed E-state index contributed by atoms with van der Waals surface area (Å²) in [7, 11) is 1.21. The number of likely N-dealkylation sites (N-methyl/N-ethyl adjacent to an activating group) is 1. The highest BCUT2D eigenvalue weighted by Crippen LogP contribution is 2.38. The fraction of sp³-hybridized carbons (Fsp3) is 0.901. The first-order valence-corrected chi connectivity index (χ1v) is 41.8. The van der Waals surface area contributed by atoms with Crippen LogP contribution >= 0.6 is 7.82 Å². The van der Waals surface area contributed by atoms with E-state index in [1.54, 1.807) is 0 Å². The molecule has 0 aliphatic heterocycles. The highest BCUT2D eigenvalue weighted by atomic mass is 31.2. The van der Waals surface area contributed by atoms with Crippen molar-refractivity contribution in [3.8, 4) is 0 Å². The van der Waals surface area contributed by atoms with Crippen LogP contribution in [0, 0.1) is 0 Å². The molecule has 3 atom stereocenters. The Kier molecular flexibility index (Phi) is 69.6. The van der Waals surface area contributed by atoms with Crippen LogP contribution in [-0.2, 0) is 27.9 Å². The number of carbonyl (C=O) groups is 2. The Morgan fingerprint density at radius 3 is 1.01 bits per heavy atom. The summed E-state index contributed by atoms with van der Waals surface area (Å²) >= 11 is 0. The molecule has 1 amide bonds. The Labute approximate surface area is 567 Å². The van der Waals surface area contributed by atoms with Gasteiger partial charge in [0.1, 0.15) is 19.3 Å². The molecule has 0 heterocycles. The molecule has 10 heteroatoms. The summed E-state index contributed by atoms with van der Waals surface area (Å²) in [4.78, 5) is 40.3. The van der Waals surface area contributed by atoms with E-state index in [2.05, 4.69) is 50.4 Å². The molecule has 0 aromatic carbocycles. The number of allylic oxidation sites excluding steroid dienone is 5. The fourth-order valence-electron chi connectivity index (χ4n) is 12.4. The maximum atomic E-state index is 13.6. The Balaban J connectivity index is 4.82. The number of phosphoric acid groups is 1. The third-order valence-corrected chi connectivity index (χ3v) is 19.5. The molecule has 0 fully saturated rings. The summed E-state index contributed by atoms with van der Waals surface area (Å²) in [6, 6.07) is -0.885. The molecule has 0 radical (unpaired) electrons. The van der Waals surface area contributed by atoms with Gasteiger partial charge in [0.25, 0.3) is 7.82 Å². The van der Waals surface area contributed by atoms with Gasteiger partial charge in [-0.15, -0.1) is 0 Å². The number of hydrogen-bond donors (Lipinski definition) is 1. The highest BCUT2D eigenvalue weighted by molar-refractivity contribution is 7.45. The fourth-order valence-corrected chi connectivity index (χ4v) is 13.1. The van der Waals surface area contributed by atoms with Crippen LogP contribution in [-0.4, -0.2) is 69.4 Å². The van der Waals surface area contributed by atoms with Gasteiger partial charge in [0, 0.05) is 12.8 Å². The second-order valence-corrected chi connectivity index (χ2v) is 30.3. The Hall–Kier alpha value is -1.77. The normalized spacial score (nSPS) is 13.5. The first-order valence-electron chi connectivity index (χ1n) is 40.3. The van der Waals surface area contributed by atoms with Gasteiger partial charge < -0.3 is 28.5 Å². The second kappa shape index (κ2) is 71.0. The van der Waals surface area contributed by atoms with Crippen LogP contribution in [0.25, 0.3) is 0 Å². The second-order valence-electron chi connectivity index (χ2n) is 28.9. The van der Waals surface area contributed by atoms with Gasteiger partial charge in [-0.2, -0.15) is 0 Å². The third kappa shape index (κ3) is 72.3. The first-order chi connectivity index (χ1) is 44.4. The summed E-state index contributed by atoms with van der Waals surface area (Å²) in [6.45, 7) is 6.90. The van der Waals surface area contributed by atoms with Gasteiger partial charge in [0.05, 0.1) is 33.8 Å². The predicted molar refractivity (Wildman–Crippen MR) is 395 cm³/mol. The lowest BCUT2D eigenvalue weighted by Gasteiger charge is -2.30. The van der Waals surface area contributed by atoms with E-state index in [9.17, 15) is 19.0 Å². The molecule has 0 aromatic heterocycles. The monoisotopic (exact) mass is 1300 g/mol. The van der Waals surface area contributed by atoms with Gasteiger partial charge in [0.2, 0.25) is 5.91 Å². The number of quaternary nitrogens is 1. The number of nitrogens with one attached hydrogen (secondary N) is 1. The molecule has 0 aliphatic rings. The molecular weight excluding hydrogens is 1140 g/mol. The van der Waals surface area contributed by atoms with Crippen molar-refractivity contribution in [2.75, 3.05) is 40.9 Å². The minimum Gasteiger partial charge on any atom is -0.756 e. The molecule has 0 saturated carbocycles. The van der Waals surface area contributed by atoms with E-state index >= 15 is 0 Å². The minimum atomic E-state index is -4.70. The van der Waals surface area contributed by atoms with E-state index in [1.165, 1.54) is 321 Å². The van der Waals surface area contributed by atoms with Gasteiger partial charge in [-0.05, 0) is 63.9 Å². The Bertz CT molecular complexity index is 1650. The summed E-state index contributed by atoms with van der Waals surface area (Å²) in [5, 5.41) is 3.06. The SMILES string of the molecule is CCCCC/C=C\C/C=C\CCCCCCCCCCCCCCCCCCCC(=O)OC(/C=C/CCCCCCCCCCC)C(COP(=O)([O-])OCC[N+](C)(C)C)NC(=O)CCCCCCCCCCCCCCCCCCCCCCCCCCCCC. The number of hydrogen-bond acceptors (Lipinski definition) is 7. The number of rotatable bonds is 75. The topological polar surface area (TPSA) is 114 Å². The smallest absolute Gasteiger partial charge is 0.306 e. The summed E-state index contributed by atoms with van der Waals surface area (Å²) in [5.74, 6) is -0.515. The van der Waals surface area contributed by atoms with Crippen LogP contribution in [0.4, 0.5) is 0 Å². The van der Waals surface area contributed by atoms with Gasteiger partial charge in [-0.25, -0.2) is 0 Å². The molecule has 1 N–H and O–H groups in total. The van der Waals surface area contributed by atoms with Crippen molar-refractivity contribution in [2.45, 2.75) is 431 Å². The third-order valence-electron chi connectivity index (χ3n) is 18.6. The molecule has 0 aliphatic carbocycles. The molecule has 0 spiro atoms. The van der Waals surface area contributed by atoms with Crippen molar-refractivity contribution in [1.29, 1.82) is 0 Å². The van der Waals surface area contributed by atoms with Crippen molar-refractivity contribution < 1.29 is 37.3 Å². The van der Waals surface area contributed by atoms with Gasteiger partial charge in [-0.1, -0.05) is 379 Å². The van der Waals surface area contributed by atoms with Crippen molar-refractivity contribution in [3.63, 3.8) is 0 Å². The van der Waals surface area contributed by atoms with Gasteiger partial charge >= 0.3 is 5.97 Å². The molecule has 91 heavy (non-hydrogen) atoms. The van der Waals surface area contributed by atoms with Crippen molar-refractivity contribution in [1.82, 2.24) is 5.32 Å². The number of phosphoric ester groups is 1. The molecular formula is C81H157N2O7P. The largest absolute Gasteiger partial charge is 0.756 e. The van der Waals surface area contributed by atoms with Crippen LogP contribution in [0.5, 0.6) is 0 Å². The van der Waals surface area contributed by atoms with Crippen LogP contribution in [0.3, 0.4) is 0 Å². The van der Waals surface area contributed by atoms with E-state index in [-0.39, 0.29) is 31.5 Å². The molecule has 538 valence electrons. The van der Waals surface area contributed by atoms with Gasteiger partial charge in [-0.3, -0.25) is 14.2 Å². The van der Waals surface area contributed by atoms with Crippen molar-refractivity contribution in [2.24, 2.45) is 0 Å². The molecule has 0 bridgehead atoms. The zero-order valence-electron chi connectivity index (χ0n) is 61.8. The van der Waals surface area contributed by atoms with Crippen molar-refractivity contribution >= 4 is 19.7 Å². The average Bonchev–Trinajstić information content (AvgIpc) is 3.03. The minimum absolute atomic E-state index is 0.0183. The van der Waals surface area contributed by atoms with Crippen molar-refractivity contribution in [3.05, 3.63) is 36.5 Å². The Morgan fingerprint density at radius 1 is 0.385 bits per heavy atom. The van der Waals surface area contributed by atoms with E-state index in [0.717, 1.165) is 64.2 Å². The van der Waals surface area contributed by atoms with Crippen LogP contribution in [0.1, 0.15) is 419 Å². The zero-order chi connectivity index (χ0) is 66.3. The molecule has 0 rings (SSSR count). The lowest BCUT2D eigenvalue weighted by atomic mass is 10.0. The quantitative estimate of drug-likeness (QED) is 0.0212. The number of esters is 1. The van der Waals surface area contributed by atoms with Crippen LogP contribution in [0.15, 0.2) is 36.5 Å². The number of ether oxygens (including phenoxy) is 1. The van der Waals surface area contributed by atoms with Gasteiger partial charge in [0.15, 0.2) is 0 Å². The van der Waals surface area contributed by atoms with Crippen LogP contribution in [0.2, 0.25) is 0 Å². The predicted octanol–water partition coefficient (Wildman–Crippen LogP) is 25.5. The van der Waals surface area contributed by atoms with Crippen LogP contribution < -0.4 is 10.2 Å². The first kappa shape index (κ1) is 89.2. The molecule has 0 aromatic rings. The van der Waals surface area contributed by atoms with E-state index in [1.807, 2.05) is 33.3 Å². The number of unbranched alkanes of at least 4 members (excludes halogenated alkanes) is 55. The maximum absolute atomic E-state index is 13.6. The lowest BCUT2D eigenvalue weighted by Crippen LogP contribution is -2.47. The zero-order valence-corrected chi connectivity index (χ0v) is 62.7. The summed E-state index contributed by atoms with van der Waals surface area (Å²) in [6.07, 6.45) is 90.2. The summed E-state index contributed by atoms with van der Waals surface area (Å²) in [5.41, 5.74) is 0. The number of nitrogens with zero attached hydrogens (tertiary/aromatic N) is 1. The summed E-state index contributed by atoms with van der Waals surface area (Å²) < 4.78 is 30.5. The maximum Gasteiger partial charge on any atom is 0.306 e. The molecule has 0 saturated heterocycles. The number of amides is 1. The molecule has 3 unspecified atom stereocenters. The highest BCUT2D eigenvalue weighted by Gasteiger charge is 2.27. The van der Waals surface area contributed by atoms with E-state index in [4.69, 9.17) is 13.8 Å².